The van der Waals surface area contributed by atoms with E-state index in [2.05, 4.69) is 27.9 Å². The van der Waals surface area contributed by atoms with Crippen LogP contribution in [0.1, 0.15) is 6.92 Å². The third kappa shape index (κ3) is 3.52. The number of amides is 1. The summed E-state index contributed by atoms with van der Waals surface area (Å²) >= 11 is 8.26. The second-order valence-electron chi connectivity index (χ2n) is 3.72. The van der Waals surface area contributed by atoms with Crippen molar-refractivity contribution in [3.05, 3.63) is 26.8 Å². The highest BCUT2D eigenvalue weighted by atomic mass is 127. The van der Waals surface area contributed by atoms with Gasteiger partial charge in [0.25, 0.3) is 0 Å². The van der Waals surface area contributed by atoms with Crippen LogP contribution in [0.15, 0.2) is 18.2 Å². The summed E-state index contributed by atoms with van der Waals surface area (Å²) in [5.41, 5.74) is 0.782. The van der Waals surface area contributed by atoms with Crippen molar-refractivity contribution in [1.29, 1.82) is 0 Å². The van der Waals surface area contributed by atoms with Crippen molar-refractivity contribution in [2.24, 2.45) is 0 Å². The van der Waals surface area contributed by atoms with Gasteiger partial charge in [-0.1, -0.05) is 11.6 Å². The molecule has 1 aromatic rings. The minimum atomic E-state index is -0.285. The van der Waals surface area contributed by atoms with E-state index in [0.29, 0.717) is 5.02 Å². The number of nitrogens with one attached hydrogen (secondary N) is 1. The number of likely N-dealkylation sites (N-methyl/N-ethyl adjacent to an activating group) is 1. The summed E-state index contributed by atoms with van der Waals surface area (Å²) in [6.45, 7) is 1.82. The van der Waals surface area contributed by atoms with Crippen molar-refractivity contribution in [3.63, 3.8) is 0 Å². The molecule has 0 radical (unpaired) electrons. The fourth-order valence-corrected chi connectivity index (χ4v) is 2.20. The molecule has 0 aromatic heterocycles. The van der Waals surface area contributed by atoms with Gasteiger partial charge in [-0.2, -0.15) is 0 Å². The summed E-state index contributed by atoms with van der Waals surface area (Å²) in [6.07, 6.45) is 0. The zero-order valence-corrected chi connectivity index (χ0v) is 12.3. The van der Waals surface area contributed by atoms with Gasteiger partial charge < -0.3 is 10.2 Å². The molecule has 88 valence electrons. The minimum Gasteiger partial charge on any atom is -0.373 e. The molecular formula is C11H14ClIN2O. The van der Waals surface area contributed by atoms with Gasteiger partial charge in [-0.05, 0) is 47.7 Å². The van der Waals surface area contributed by atoms with Crippen LogP contribution in [0.3, 0.4) is 0 Å². The molecule has 0 aliphatic rings. The standard InChI is InChI=1S/C11H14ClIN2O/c1-7(11(16)15(2)3)14-10-5-4-8(13)6-9(10)12/h4-7,14H,1-3H3. The molecule has 0 heterocycles. The molecule has 0 spiro atoms. The first kappa shape index (κ1) is 13.6. The van der Waals surface area contributed by atoms with E-state index in [1.807, 2.05) is 25.1 Å². The van der Waals surface area contributed by atoms with Crippen LogP contribution in [0.5, 0.6) is 0 Å². The van der Waals surface area contributed by atoms with Crippen molar-refractivity contribution in [1.82, 2.24) is 4.90 Å². The first-order chi connectivity index (χ1) is 7.41. The van der Waals surface area contributed by atoms with Gasteiger partial charge in [-0.25, -0.2) is 0 Å². The number of hydrogen-bond acceptors (Lipinski definition) is 2. The van der Waals surface area contributed by atoms with E-state index >= 15 is 0 Å². The Balaban J connectivity index is 2.77. The van der Waals surface area contributed by atoms with E-state index in [-0.39, 0.29) is 11.9 Å². The SMILES string of the molecule is CC(Nc1ccc(I)cc1Cl)C(=O)N(C)C. The number of benzene rings is 1. The van der Waals surface area contributed by atoms with E-state index in [1.165, 1.54) is 0 Å². The fourth-order valence-electron chi connectivity index (χ4n) is 1.29. The second-order valence-corrected chi connectivity index (χ2v) is 5.38. The third-order valence-corrected chi connectivity index (χ3v) is 3.10. The van der Waals surface area contributed by atoms with Gasteiger partial charge in [0.15, 0.2) is 0 Å². The summed E-state index contributed by atoms with van der Waals surface area (Å²) in [5.74, 6) is 0.0228. The van der Waals surface area contributed by atoms with Gasteiger partial charge in [-0.15, -0.1) is 0 Å². The van der Waals surface area contributed by atoms with E-state index < -0.39 is 0 Å². The summed E-state index contributed by atoms with van der Waals surface area (Å²) in [7, 11) is 3.46. The van der Waals surface area contributed by atoms with Crippen LogP contribution in [0.25, 0.3) is 0 Å². The van der Waals surface area contributed by atoms with E-state index in [1.54, 1.807) is 19.0 Å². The summed E-state index contributed by atoms with van der Waals surface area (Å²) in [4.78, 5) is 13.2. The molecule has 1 atom stereocenters. The van der Waals surface area contributed by atoms with E-state index in [4.69, 9.17) is 11.6 Å². The fraction of sp³-hybridized carbons (Fsp3) is 0.364. The topological polar surface area (TPSA) is 32.3 Å². The molecule has 1 aromatic carbocycles. The van der Waals surface area contributed by atoms with Gasteiger partial charge in [0.1, 0.15) is 6.04 Å². The lowest BCUT2D eigenvalue weighted by atomic mass is 10.2. The van der Waals surface area contributed by atoms with Crippen LogP contribution in [-0.4, -0.2) is 30.9 Å². The van der Waals surface area contributed by atoms with Gasteiger partial charge in [-0.3, -0.25) is 4.79 Å². The highest BCUT2D eigenvalue weighted by Gasteiger charge is 2.15. The molecule has 0 aliphatic heterocycles. The van der Waals surface area contributed by atoms with Crippen LogP contribution in [0.2, 0.25) is 5.02 Å². The molecule has 3 nitrogen and oxygen atoms in total. The number of hydrogen-bond donors (Lipinski definition) is 1. The molecular weight excluding hydrogens is 338 g/mol. The number of halogens is 2. The Morgan fingerprint density at radius 3 is 2.62 bits per heavy atom. The first-order valence-corrected chi connectivity index (χ1v) is 6.30. The average molecular weight is 353 g/mol. The predicted octanol–water partition coefficient (Wildman–Crippen LogP) is 2.83. The molecule has 0 fully saturated rings. The van der Waals surface area contributed by atoms with Crippen molar-refractivity contribution in [2.75, 3.05) is 19.4 Å². The Morgan fingerprint density at radius 2 is 2.12 bits per heavy atom. The zero-order chi connectivity index (χ0) is 12.3. The Morgan fingerprint density at radius 1 is 1.50 bits per heavy atom. The van der Waals surface area contributed by atoms with E-state index in [9.17, 15) is 4.79 Å². The summed E-state index contributed by atoms with van der Waals surface area (Å²) in [6, 6.07) is 5.40. The molecule has 5 heteroatoms. The Hall–Kier alpha value is -0.490. The molecule has 0 saturated carbocycles. The normalized spacial score (nSPS) is 12.1. The molecule has 0 saturated heterocycles. The van der Waals surface area contributed by atoms with Gasteiger partial charge in [0.2, 0.25) is 5.91 Å². The van der Waals surface area contributed by atoms with Gasteiger partial charge in [0.05, 0.1) is 10.7 Å². The predicted molar refractivity (Wildman–Crippen MR) is 75.9 cm³/mol. The Bertz CT molecular complexity index is 396. The maximum atomic E-state index is 11.6. The third-order valence-electron chi connectivity index (χ3n) is 2.11. The molecule has 1 rings (SSSR count). The van der Waals surface area contributed by atoms with Crippen LogP contribution in [0.4, 0.5) is 5.69 Å². The Labute approximate surface area is 114 Å². The van der Waals surface area contributed by atoms with Gasteiger partial charge >= 0.3 is 0 Å². The molecule has 1 amide bonds. The molecule has 0 aliphatic carbocycles. The van der Waals surface area contributed by atoms with Crippen molar-refractivity contribution < 1.29 is 4.79 Å². The minimum absolute atomic E-state index is 0.0228. The molecule has 1 N–H and O–H groups in total. The van der Waals surface area contributed by atoms with E-state index in [0.717, 1.165) is 9.26 Å². The maximum absolute atomic E-state index is 11.6. The highest BCUT2D eigenvalue weighted by molar-refractivity contribution is 14.1. The van der Waals surface area contributed by atoms with Crippen LogP contribution in [-0.2, 0) is 4.79 Å². The second kappa shape index (κ2) is 5.72. The summed E-state index contributed by atoms with van der Waals surface area (Å²) < 4.78 is 1.07. The zero-order valence-electron chi connectivity index (χ0n) is 9.42. The number of nitrogens with zero attached hydrogens (tertiary/aromatic N) is 1. The van der Waals surface area contributed by atoms with Crippen molar-refractivity contribution >= 4 is 45.8 Å². The van der Waals surface area contributed by atoms with Crippen LogP contribution >= 0.6 is 34.2 Å². The Kier molecular flexibility index (Phi) is 4.86. The number of anilines is 1. The van der Waals surface area contributed by atoms with Crippen LogP contribution in [0, 0.1) is 3.57 Å². The van der Waals surface area contributed by atoms with Crippen molar-refractivity contribution in [2.45, 2.75) is 13.0 Å². The molecule has 1 unspecified atom stereocenters. The maximum Gasteiger partial charge on any atom is 0.244 e. The lowest BCUT2D eigenvalue weighted by Gasteiger charge is -2.19. The lowest BCUT2D eigenvalue weighted by Crippen LogP contribution is -2.36. The lowest BCUT2D eigenvalue weighted by molar-refractivity contribution is -0.129. The number of carbonyl (C=O) groups excluding carboxylic acids is 1. The van der Waals surface area contributed by atoms with Crippen molar-refractivity contribution in [3.8, 4) is 0 Å². The smallest absolute Gasteiger partial charge is 0.244 e. The summed E-state index contributed by atoms with van der Waals surface area (Å²) in [5, 5.41) is 3.72. The van der Waals surface area contributed by atoms with Gasteiger partial charge in [0, 0.05) is 17.7 Å². The molecule has 16 heavy (non-hydrogen) atoms. The monoisotopic (exact) mass is 352 g/mol. The quantitative estimate of drug-likeness (QED) is 0.849. The van der Waals surface area contributed by atoms with Crippen LogP contribution < -0.4 is 5.32 Å². The first-order valence-electron chi connectivity index (χ1n) is 4.84. The average Bonchev–Trinajstić information content (AvgIpc) is 2.20. The molecule has 0 bridgehead atoms. The number of carbonyl (C=O) groups is 1. The number of rotatable bonds is 3. The largest absolute Gasteiger partial charge is 0.373 e. The highest BCUT2D eigenvalue weighted by Crippen LogP contribution is 2.24.